The summed E-state index contributed by atoms with van der Waals surface area (Å²) < 4.78 is 0. The molecule has 2 heteroatoms. The van der Waals surface area contributed by atoms with E-state index in [1.165, 1.54) is 128 Å². The largest absolute Gasteiger partial charge is 0.316 e. The van der Waals surface area contributed by atoms with E-state index in [0.29, 0.717) is 0 Å². The Morgan fingerprint density at radius 2 is 0.778 bits per heavy atom. The topological polar surface area (TPSA) is 38.0 Å². The number of hydrogen-bond acceptors (Lipinski definition) is 2. The van der Waals surface area contributed by atoms with Gasteiger partial charge in [-0.1, -0.05) is 136 Å². The second-order valence-electron chi connectivity index (χ2n) is 8.69. The number of nitrogens with one attached hydrogen (secondary N) is 1. The van der Waals surface area contributed by atoms with E-state index < -0.39 is 0 Å². The van der Waals surface area contributed by atoms with Crippen molar-refractivity contribution in [3.05, 3.63) is 0 Å². The second-order valence-corrected chi connectivity index (χ2v) is 8.69. The monoisotopic (exact) mass is 382 g/mol. The van der Waals surface area contributed by atoms with Crippen molar-refractivity contribution in [3.8, 4) is 0 Å². The first kappa shape index (κ1) is 26.9. The summed E-state index contributed by atoms with van der Waals surface area (Å²) in [5.41, 5.74) is 5.85. The van der Waals surface area contributed by atoms with Gasteiger partial charge in [0.25, 0.3) is 0 Å². The predicted molar refractivity (Wildman–Crippen MR) is 124 cm³/mol. The first-order chi connectivity index (χ1) is 13.3. The Bertz CT molecular complexity index is 255. The third-order valence-electron chi connectivity index (χ3n) is 5.88. The summed E-state index contributed by atoms with van der Waals surface area (Å²) >= 11 is 0. The molecule has 0 aliphatic heterocycles. The molecule has 0 saturated heterocycles. The van der Waals surface area contributed by atoms with Crippen LogP contribution in [0.2, 0.25) is 0 Å². The summed E-state index contributed by atoms with van der Waals surface area (Å²) in [5.74, 6) is 0. The number of rotatable bonds is 23. The van der Waals surface area contributed by atoms with Crippen molar-refractivity contribution in [2.75, 3.05) is 6.54 Å². The molecule has 0 radical (unpaired) electrons. The minimum Gasteiger partial charge on any atom is -0.316 e. The first-order valence-corrected chi connectivity index (χ1v) is 12.8. The fraction of sp³-hybridized carbons (Fsp3) is 1.00. The van der Waals surface area contributed by atoms with Gasteiger partial charge >= 0.3 is 0 Å². The third kappa shape index (κ3) is 23.9. The normalized spacial score (nSPS) is 12.6. The molecule has 27 heavy (non-hydrogen) atoms. The van der Waals surface area contributed by atoms with E-state index in [9.17, 15) is 0 Å². The minimum atomic E-state index is 0.199. The van der Waals surface area contributed by atoms with Crippen molar-refractivity contribution in [1.82, 2.24) is 5.32 Å². The highest BCUT2D eigenvalue weighted by molar-refractivity contribution is 4.56. The highest BCUT2D eigenvalue weighted by Gasteiger charge is 1.97. The Morgan fingerprint density at radius 1 is 0.481 bits per heavy atom. The second kappa shape index (κ2) is 24.0. The summed E-state index contributed by atoms with van der Waals surface area (Å²) in [7, 11) is 0. The van der Waals surface area contributed by atoms with E-state index in [4.69, 9.17) is 5.73 Å². The molecule has 0 bridgehead atoms. The van der Waals surface area contributed by atoms with Crippen LogP contribution in [0.15, 0.2) is 0 Å². The van der Waals surface area contributed by atoms with Gasteiger partial charge in [-0.15, -0.1) is 0 Å². The fourth-order valence-electron chi connectivity index (χ4n) is 3.81. The van der Waals surface area contributed by atoms with Gasteiger partial charge in [0.15, 0.2) is 0 Å². The van der Waals surface area contributed by atoms with Gasteiger partial charge in [-0.3, -0.25) is 0 Å². The number of nitrogens with two attached hydrogens (primary N) is 1. The highest BCUT2D eigenvalue weighted by atomic mass is 15.0. The van der Waals surface area contributed by atoms with Gasteiger partial charge in [0.05, 0.1) is 6.17 Å². The fourth-order valence-corrected chi connectivity index (χ4v) is 3.81. The average Bonchev–Trinajstić information content (AvgIpc) is 2.68. The lowest BCUT2D eigenvalue weighted by molar-refractivity contribution is 0.485. The molecular formula is C25H54N2. The number of hydrogen-bond donors (Lipinski definition) is 2. The Labute approximate surface area is 172 Å². The van der Waals surface area contributed by atoms with E-state index in [1.54, 1.807) is 0 Å². The molecule has 3 N–H and O–H groups in total. The van der Waals surface area contributed by atoms with Gasteiger partial charge < -0.3 is 11.1 Å². The Balaban J connectivity index is 2.99. The van der Waals surface area contributed by atoms with Crippen LogP contribution in [0.5, 0.6) is 0 Å². The van der Waals surface area contributed by atoms with E-state index in [1.807, 2.05) is 0 Å². The van der Waals surface area contributed by atoms with Crippen LogP contribution in [-0.2, 0) is 0 Å². The number of unbranched alkanes of at least 4 members (excludes halogenated alkanes) is 19. The van der Waals surface area contributed by atoms with Gasteiger partial charge in [0.1, 0.15) is 0 Å². The molecule has 0 aromatic carbocycles. The summed E-state index contributed by atoms with van der Waals surface area (Å²) in [6, 6.07) is 0. The van der Waals surface area contributed by atoms with Crippen molar-refractivity contribution in [3.63, 3.8) is 0 Å². The zero-order valence-electron chi connectivity index (χ0n) is 19.2. The van der Waals surface area contributed by atoms with E-state index in [2.05, 4.69) is 19.2 Å². The molecule has 0 amide bonds. The summed E-state index contributed by atoms with van der Waals surface area (Å²) in [6.45, 7) is 5.52. The maximum Gasteiger partial charge on any atom is 0.0543 e. The molecule has 2 nitrogen and oxygen atoms in total. The Morgan fingerprint density at radius 3 is 1.07 bits per heavy atom. The summed E-state index contributed by atoms with van der Waals surface area (Å²) in [6.07, 6.45) is 30.1. The predicted octanol–water partition coefficient (Wildman–Crippen LogP) is 8.09. The van der Waals surface area contributed by atoms with Gasteiger partial charge in [-0.25, -0.2) is 0 Å². The van der Waals surface area contributed by atoms with Crippen molar-refractivity contribution < 1.29 is 0 Å². The first-order valence-electron chi connectivity index (χ1n) is 12.8. The van der Waals surface area contributed by atoms with Crippen LogP contribution in [0.25, 0.3) is 0 Å². The smallest absolute Gasteiger partial charge is 0.0543 e. The van der Waals surface area contributed by atoms with E-state index in [0.717, 1.165) is 13.0 Å². The van der Waals surface area contributed by atoms with Crippen LogP contribution >= 0.6 is 0 Å². The Hall–Kier alpha value is -0.0800. The van der Waals surface area contributed by atoms with Crippen LogP contribution in [0.3, 0.4) is 0 Å². The molecule has 0 saturated carbocycles. The van der Waals surface area contributed by atoms with Crippen molar-refractivity contribution in [2.24, 2.45) is 5.73 Å². The van der Waals surface area contributed by atoms with Crippen LogP contribution < -0.4 is 11.1 Å². The molecule has 0 aromatic heterocycles. The molecular weight excluding hydrogens is 328 g/mol. The maximum absolute atomic E-state index is 5.85. The van der Waals surface area contributed by atoms with Gasteiger partial charge in [-0.2, -0.15) is 0 Å². The summed E-state index contributed by atoms with van der Waals surface area (Å²) in [4.78, 5) is 0. The maximum atomic E-state index is 5.85. The Kier molecular flexibility index (Phi) is 23.9. The van der Waals surface area contributed by atoms with Crippen LogP contribution in [-0.4, -0.2) is 12.7 Å². The molecule has 0 aromatic rings. The average molecular weight is 383 g/mol. The molecule has 0 rings (SSSR count). The molecule has 1 unspecified atom stereocenters. The molecule has 0 aliphatic rings. The van der Waals surface area contributed by atoms with E-state index >= 15 is 0 Å². The lowest BCUT2D eigenvalue weighted by atomic mass is 10.0. The minimum absolute atomic E-state index is 0.199. The standard InChI is InChI=1S/C25H54N2/c1-3-5-6-7-8-9-10-11-12-13-14-15-16-17-18-19-20-21-22-23-24-27-25(26)4-2/h25,27H,3-24,26H2,1-2H3. The zero-order valence-corrected chi connectivity index (χ0v) is 19.2. The van der Waals surface area contributed by atoms with Crippen LogP contribution in [0.1, 0.15) is 149 Å². The van der Waals surface area contributed by atoms with Crippen molar-refractivity contribution in [2.45, 2.75) is 155 Å². The van der Waals surface area contributed by atoms with Crippen LogP contribution in [0.4, 0.5) is 0 Å². The van der Waals surface area contributed by atoms with Crippen molar-refractivity contribution in [1.29, 1.82) is 0 Å². The summed E-state index contributed by atoms with van der Waals surface area (Å²) in [5, 5.41) is 3.37. The molecule has 0 spiro atoms. The van der Waals surface area contributed by atoms with Gasteiger partial charge in [-0.05, 0) is 19.4 Å². The van der Waals surface area contributed by atoms with E-state index in [-0.39, 0.29) is 6.17 Å². The SMILES string of the molecule is CCCCCCCCCCCCCCCCCCCCCCNC(N)CC. The molecule has 164 valence electrons. The lowest BCUT2D eigenvalue weighted by Crippen LogP contribution is -2.37. The van der Waals surface area contributed by atoms with Gasteiger partial charge in [0, 0.05) is 0 Å². The molecule has 1 atom stereocenters. The lowest BCUT2D eigenvalue weighted by Gasteiger charge is -2.10. The van der Waals surface area contributed by atoms with Gasteiger partial charge in [0.2, 0.25) is 0 Å². The molecule has 0 aliphatic carbocycles. The van der Waals surface area contributed by atoms with Crippen LogP contribution in [0, 0.1) is 0 Å². The molecule has 0 heterocycles. The zero-order chi connectivity index (χ0) is 19.8. The van der Waals surface area contributed by atoms with Crippen molar-refractivity contribution >= 4 is 0 Å². The quantitative estimate of drug-likeness (QED) is 0.138. The highest BCUT2D eigenvalue weighted by Crippen LogP contribution is 2.14. The molecule has 0 fully saturated rings. The third-order valence-corrected chi connectivity index (χ3v) is 5.88.